The maximum absolute atomic E-state index is 11.9. The van der Waals surface area contributed by atoms with Crippen molar-refractivity contribution in [2.75, 3.05) is 0 Å². The zero-order valence-electron chi connectivity index (χ0n) is 12.4. The van der Waals surface area contributed by atoms with Gasteiger partial charge in [-0.15, -0.1) is 0 Å². The number of aromatic amines is 1. The van der Waals surface area contributed by atoms with Crippen LogP contribution in [0.4, 0.5) is 0 Å². The average molecular weight is 285 g/mol. The molecule has 0 fully saturated rings. The largest absolute Gasteiger partial charge is 0.347 e. The van der Waals surface area contributed by atoms with Gasteiger partial charge in [0.15, 0.2) is 0 Å². The molecule has 0 radical (unpaired) electrons. The fourth-order valence-electron chi connectivity index (χ4n) is 1.87. The zero-order valence-corrected chi connectivity index (χ0v) is 12.4. The molecule has 1 heterocycles. The van der Waals surface area contributed by atoms with Gasteiger partial charge in [-0.25, -0.2) is 5.10 Å². The van der Waals surface area contributed by atoms with Crippen molar-refractivity contribution >= 4 is 5.91 Å². The Bertz CT molecular complexity index is 661. The molecule has 21 heavy (non-hydrogen) atoms. The van der Waals surface area contributed by atoms with Crippen molar-refractivity contribution in [3.8, 4) is 0 Å². The van der Waals surface area contributed by atoms with Gasteiger partial charge in [-0.2, -0.15) is 5.10 Å². The number of rotatable bonds is 3. The first kappa shape index (κ1) is 15.0. The lowest BCUT2D eigenvalue weighted by Gasteiger charge is -2.19. The molecule has 2 aromatic rings. The van der Waals surface area contributed by atoms with Gasteiger partial charge in [-0.3, -0.25) is 9.59 Å². The highest BCUT2D eigenvalue weighted by atomic mass is 16.2. The van der Waals surface area contributed by atoms with Crippen molar-refractivity contribution in [1.29, 1.82) is 0 Å². The van der Waals surface area contributed by atoms with Crippen molar-refractivity contribution < 1.29 is 4.79 Å². The zero-order chi connectivity index (χ0) is 15.5. The van der Waals surface area contributed by atoms with E-state index < -0.39 is 0 Å². The van der Waals surface area contributed by atoms with Crippen LogP contribution in [0.25, 0.3) is 0 Å². The summed E-state index contributed by atoms with van der Waals surface area (Å²) in [4.78, 5) is 22.7. The van der Waals surface area contributed by atoms with E-state index in [1.165, 1.54) is 17.7 Å². The third-order valence-corrected chi connectivity index (χ3v) is 3.18. The van der Waals surface area contributed by atoms with E-state index in [0.717, 1.165) is 5.56 Å². The Kier molecular flexibility index (Phi) is 4.21. The van der Waals surface area contributed by atoms with Gasteiger partial charge < -0.3 is 5.32 Å². The van der Waals surface area contributed by atoms with Crippen LogP contribution >= 0.6 is 0 Å². The summed E-state index contributed by atoms with van der Waals surface area (Å²) < 4.78 is 0. The number of carbonyl (C=O) groups is 1. The quantitative estimate of drug-likeness (QED) is 0.905. The Balaban J connectivity index is 1.98. The second-order valence-electron chi connectivity index (χ2n) is 5.94. The van der Waals surface area contributed by atoms with E-state index in [1.54, 1.807) is 0 Å². The maximum atomic E-state index is 11.9. The number of benzene rings is 1. The molecule has 110 valence electrons. The minimum Gasteiger partial charge on any atom is -0.347 e. The first-order valence-electron chi connectivity index (χ1n) is 6.79. The highest BCUT2D eigenvalue weighted by Crippen LogP contribution is 2.22. The lowest BCUT2D eigenvalue weighted by atomic mass is 9.87. The standard InChI is InChI=1S/C16H19N3O2/c1-16(2,3)12-6-4-11(5-7-12)10-17-15(21)13-8-9-14(20)19-18-13/h4-9H,10H2,1-3H3,(H,17,21)(H,19,20). The number of hydrogen-bond acceptors (Lipinski definition) is 3. The molecule has 1 aromatic heterocycles. The molecule has 0 aliphatic carbocycles. The predicted molar refractivity (Wildman–Crippen MR) is 81.2 cm³/mol. The predicted octanol–water partition coefficient (Wildman–Crippen LogP) is 2.00. The summed E-state index contributed by atoms with van der Waals surface area (Å²) in [5.74, 6) is -0.314. The van der Waals surface area contributed by atoms with Crippen LogP contribution in [-0.4, -0.2) is 16.1 Å². The second-order valence-corrected chi connectivity index (χ2v) is 5.94. The Hall–Kier alpha value is -2.43. The van der Waals surface area contributed by atoms with Gasteiger partial charge in [0.1, 0.15) is 5.69 Å². The van der Waals surface area contributed by atoms with Crippen molar-refractivity contribution in [2.24, 2.45) is 0 Å². The van der Waals surface area contributed by atoms with E-state index in [2.05, 4.69) is 48.4 Å². The van der Waals surface area contributed by atoms with Gasteiger partial charge in [-0.05, 0) is 22.6 Å². The normalized spacial score (nSPS) is 11.2. The second kappa shape index (κ2) is 5.91. The molecule has 0 aliphatic heterocycles. The number of nitrogens with zero attached hydrogens (tertiary/aromatic N) is 1. The fraction of sp³-hybridized carbons (Fsp3) is 0.312. The van der Waals surface area contributed by atoms with E-state index in [4.69, 9.17) is 0 Å². The number of aromatic nitrogens is 2. The van der Waals surface area contributed by atoms with Gasteiger partial charge in [0.2, 0.25) is 0 Å². The molecular formula is C16H19N3O2. The van der Waals surface area contributed by atoms with E-state index >= 15 is 0 Å². The topological polar surface area (TPSA) is 74.8 Å². The van der Waals surface area contributed by atoms with Gasteiger partial charge >= 0.3 is 0 Å². The Labute approximate surface area is 123 Å². The fourth-order valence-corrected chi connectivity index (χ4v) is 1.87. The molecule has 1 aromatic carbocycles. The highest BCUT2D eigenvalue weighted by Gasteiger charge is 2.13. The monoisotopic (exact) mass is 285 g/mol. The molecular weight excluding hydrogens is 266 g/mol. The van der Waals surface area contributed by atoms with Crippen LogP contribution in [-0.2, 0) is 12.0 Å². The Morgan fingerprint density at radius 3 is 2.33 bits per heavy atom. The van der Waals surface area contributed by atoms with Gasteiger partial charge in [-0.1, -0.05) is 45.0 Å². The molecule has 2 N–H and O–H groups in total. The molecule has 5 heteroatoms. The van der Waals surface area contributed by atoms with Crippen LogP contribution in [0.1, 0.15) is 42.4 Å². The van der Waals surface area contributed by atoms with Crippen LogP contribution in [0.3, 0.4) is 0 Å². The number of hydrogen-bond donors (Lipinski definition) is 2. The lowest BCUT2D eigenvalue weighted by Crippen LogP contribution is -2.25. The smallest absolute Gasteiger partial charge is 0.271 e. The average Bonchev–Trinajstić information content (AvgIpc) is 2.45. The number of H-pyrrole nitrogens is 1. The molecule has 0 saturated heterocycles. The molecule has 2 rings (SSSR count). The summed E-state index contributed by atoms with van der Waals surface area (Å²) in [6.45, 7) is 6.90. The van der Waals surface area contributed by atoms with Crippen LogP contribution in [0.15, 0.2) is 41.2 Å². The molecule has 1 amide bonds. The van der Waals surface area contributed by atoms with Crippen LogP contribution < -0.4 is 10.9 Å². The minimum atomic E-state index is -0.329. The highest BCUT2D eigenvalue weighted by molar-refractivity contribution is 5.91. The third kappa shape index (κ3) is 4.02. The SMILES string of the molecule is CC(C)(C)c1ccc(CNC(=O)c2ccc(=O)[nH]n2)cc1. The first-order valence-corrected chi connectivity index (χ1v) is 6.79. The number of amides is 1. The summed E-state index contributed by atoms with van der Waals surface area (Å²) in [5, 5.41) is 8.69. The van der Waals surface area contributed by atoms with Crippen LogP contribution in [0.2, 0.25) is 0 Å². The molecule has 0 aliphatic rings. The van der Waals surface area contributed by atoms with Gasteiger partial charge in [0.25, 0.3) is 11.5 Å². The Morgan fingerprint density at radius 2 is 1.81 bits per heavy atom. The van der Waals surface area contributed by atoms with E-state index in [9.17, 15) is 9.59 Å². The van der Waals surface area contributed by atoms with E-state index in [-0.39, 0.29) is 22.6 Å². The Morgan fingerprint density at radius 1 is 1.14 bits per heavy atom. The molecule has 0 bridgehead atoms. The van der Waals surface area contributed by atoms with E-state index in [1.807, 2.05) is 12.1 Å². The van der Waals surface area contributed by atoms with Crippen molar-refractivity contribution in [3.63, 3.8) is 0 Å². The molecule has 0 saturated carbocycles. The summed E-state index contributed by atoms with van der Waals surface area (Å²) >= 11 is 0. The number of carbonyl (C=O) groups excluding carboxylic acids is 1. The molecule has 0 atom stereocenters. The van der Waals surface area contributed by atoms with Crippen molar-refractivity contribution in [2.45, 2.75) is 32.7 Å². The van der Waals surface area contributed by atoms with Crippen molar-refractivity contribution in [3.05, 3.63) is 63.6 Å². The van der Waals surface area contributed by atoms with Gasteiger partial charge in [0, 0.05) is 12.6 Å². The van der Waals surface area contributed by atoms with Crippen molar-refractivity contribution in [1.82, 2.24) is 15.5 Å². The van der Waals surface area contributed by atoms with Crippen LogP contribution in [0, 0.1) is 0 Å². The first-order chi connectivity index (χ1) is 9.86. The van der Waals surface area contributed by atoms with Crippen LogP contribution in [0.5, 0.6) is 0 Å². The van der Waals surface area contributed by atoms with Gasteiger partial charge in [0.05, 0.1) is 0 Å². The molecule has 0 spiro atoms. The minimum absolute atomic E-state index is 0.113. The third-order valence-electron chi connectivity index (χ3n) is 3.18. The number of nitrogens with one attached hydrogen (secondary N) is 2. The summed E-state index contributed by atoms with van der Waals surface area (Å²) in [5.41, 5.74) is 2.24. The summed E-state index contributed by atoms with van der Waals surface area (Å²) in [7, 11) is 0. The summed E-state index contributed by atoms with van der Waals surface area (Å²) in [6, 6.07) is 10.8. The lowest BCUT2D eigenvalue weighted by molar-refractivity contribution is 0.0945. The van der Waals surface area contributed by atoms with E-state index in [0.29, 0.717) is 6.54 Å². The summed E-state index contributed by atoms with van der Waals surface area (Å²) in [6.07, 6.45) is 0. The maximum Gasteiger partial charge on any atom is 0.271 e. The molecule has 5 nitrogen and oxygen atoms in total. The molecule has 0 unspecified atom stereocenters.